The fraction of sp³-hybridized carbons (Fsp3) is 0.278. The van der Waals surface area contributed by atoms with Gasteiger partial charge < -0.3 is 14.2 Å². The first-order valence-electron chi connectivity index (χ1n) is 7.49. The molecule has 0 aromatic heterocycles. The van der Waals surface area contributed by atoms with Gasteiger partial charge in [-0.1, -0.05) is 46.9 Å². The topological polar surface area (TPSA) is 44.8 Å². The molecule has 0 aliphatic heterocycles. The highest BCUT2D eigenvalue weighted by Gasteiger charge is 2.13. The number of hydrogen-bond acceptors (Lipinski definition) is 4. The van der Waals surface area contributed by atoms with Crippen molar-refractivity contribution in [3.8, 4) is 5.75 Å². The molecule has 2 rings (SSSR count). The van der Waals surface area contributed by atoms with Gasteiger partial charge in [0.05, 0.1) is 13.2 Å². The Hall–Kier alpha value is -1.30. The Kier molecular flexibility index (Phi) is 8.00. The van der Waals surface area contributed by atoms with Crippen LogP contribution in [0.2, 0.25) is 15.1 Å². The van der Waals surface area contributed by atoms with E-state index in [1.54, 1.807) is 37.4 Å². The molecule has 2 aromatic rings. The second kappa shape index (κ2) is 10.00. The Balaban J connectivity index is 2.10. The zero-order valence-corrected chi connectivity index (χ0v) is 15.8. The fourth-order valence-corrected chi connectivity index (χ4v) is 2.73. The minimum absolute atomic E-state index is 0.170. The standard InChI is InChI=1S/C18H17Cl3O4/c1-23-6-7-24-11-18(22)25-17-10-15(20)5-3-13(17)8-12-2-4-14(19)9-16(12)21/h2-5,9-10H,6-8,11H2,1H3. The molecule has 25 heavy (non-hydrogen) atoms. The highest BCUT2D eigenvalue weighted by molar-refractivity contribution is 6.35. The Morgan fingerprint density at radius 1 is 0.960 bits per heavy atom. The SMILES string of the molecule is COCCOCC(=O)Oc1cc(Cl)ccc1Cc1ccc(Cl)cc1Cl. The Morgan fingerprint density at radius 2 is 1.64 bits per heavy atom. The molecule has 134 valence electrons. The lowest BCUT2D eigenvalue weighted by Gasteiger charge is -2.12. The molecule has 4 nitrogen and oxygen atoms in total. The molecule has 0 radical (unpaired) electrons. The maximum Gasteiger partial charge on any atom is 0.337 e. The van der Waals surface area contributed by atoms with Crippen LogP contribution in [0.15, 0.2) is 36.4 Å². The van der Waals surface area contributed by atoms with Crippen LogP contribution in [0.5, 0.6) is 5.75 Å². The molecule has 0 bridgehead atoms. The van der Waals surface area contributed by atoms with Gasteiger partial charge in [-0.05, 0) is 35.4 Å². The molecule has 0 aliphatic rings. The summed E-state index contributed by atoms with van der Waals surface area (Å²) < 4.78 is 15.4. The molecule has 0 fully saturated rings. The van der Waals surface area contributed by atoms with E-state index in [0.717, 1.165) is 11.1 Å². The zero-order valence-electron chi connectivity index (χ0n) is 13.6. The van der Waals surface area contributed by atoms with Crippen molar-refractivity contribution in [3.63, 3.8) is 0 Å². The lowest BCUT2D eigenvalue weighted by atomic mass is 10.0. The maximum absolute atomic E-state index is 11.9. The molecular formula is C18H17Cl3O4. The third-order valence-corrected chi connectivity index (χ3v) is 4.12. The number of rotatable bonds is 8. The number of ether oxygens (including phenoxy) is 3. The van der Waals surface area contributed by atoms with E-state index in [4.69, 9.17) is 49.0 Å². The second-order valence-electron chi connectivity index (χ2n) is 5.18. The minimum Gasteiger partial charge on any atom is -0.424 e. The Bertz CT molecular complexity index is 734. The normalized spacial score (nSPS) is 10.7. The summed E-state index contributed by atoms with van der Waals surface area (Å²) in [6.45, 7) is 0.552. The number of carbonyl (C=O) groups is 1. The summed E-state index contributed by atoms with van der Waals surface area (Å²) in [6, 6.07) is 10.4. The molecule has 0 heterocycles. The molecule has 0 N–H and O–H groups in total. The van der Waals surface area contributed by atoms with Crippen LogP contribution >= 0.6 is 34.8 Å². The van der Waals surface area contributed by atoms with Crippen molar-refractivity contribution in [2.45, 2.75) is 6.42 Å². The number of halogens is 3. The van der Waals surface area contributed by atoms with Crippen LogP contribution in [0.1, 0.15) is 11.1 Å². The molecule has 0 aliphatic carbocycles. The Labute approximate surface area is 161 Å². The third-order valence-electron chi connectivity index (χ3n) is 3.30. The summed E-state index contributed by atoms with van der Waals surface area (Å²) in [6.07, 6.45) is 0.473. The molecule has 7 heteroatoms. The molecular weight excluding hydrogens is 387 g/mol. The molecule has 0 saturated carbocycles. The van der Waals surface area contributed by atoms with Crippen LogP contribution in [0.3, 0.4) is 0 Å². The molecule has 2 aromatic carbocycles. The van der Waals surface area contributed by atoms with E-state index in [0.29, 0.717) is 40.5 Å². The lowest BCUT2D eigenvalue weighted by Crippen LogP contribution is -2.18. The number of esters is 1. The van der Waals surface area contributed by atoms with Gasteiger partial charge in [-0.15, -0.1) is 0 Å². The molecule has 0 spiro atoms. The lowest BCUT2D eigenvalue weighted by molar-refractivity contribution is -0.139. The first-order valence-corrected chi connectivity index (χ1v) is 8.62. The first kappa shape index (κ1) is 20.0. The highest BCUT2D eigenvalue weighted by Crippen LogP contribution is 2.29. The van der Waals surface area contributed by atoms with Gasteiger partial charge in [-0.25, -0.2) is 4.79 Å². The average Bonchev–Trinajstić information content (AvgIpc) is 2.56. The van der Waals surface area contributed by atoms with Gasteiger partial charge in [0.2, 0.25) is 0 Å². The monoisotopic (exact) mass is 402 g/mol. The summed E-state index contributed by atoms with van der Waals surface area (Å²) in [7, 11) is 1.56. The van der Waals surface area contributed by atoms with Crippen LogP contribution in [0.25, 0.3) is 0 Å². The average molecular weight is 404 g/mol. The summed E-state index contributed by atoms with van der Waals surface area (Å²) in [5.74, 6) is -0.138. The van der Waals surface area contributed by atoms with Crippen molar-refractivity contribution in [3.05, 3.63) is 62.6 Å². The van der Waals surface area contributed by atoms with Crippen molar-refractivity contribution in [1.82, 2.24) is 0 Å². The quantitative estimate of drug-likeness (QED) is 0.360. The van der Waals surface area contributed by atoms with Crippen LogP contribution in [-0.2, 0) is 20.7 Å². The molecule has 0 unspecified atom stereocenters. The van der Waals surface area contributed by atoms with Gasteiger partial charge in [-0.2, -0.15) is 0 Å². The summed E-state index contributed by atoms with van der Waals surface area (Å²) in [4.78, 5) is 11.9. The predicted molar refractivity (Wildman–Crippen MR) is 99.1 cm³/mol. The van der Waals surface area contributed by atoms with E-state index in [-0.39, 0.29) is 6.61 Å². The van der Waals surface area contributed by atoms with Gasteiger partial charge in [0.25, 0.3) is 0 Å². The second-order valence-corrected chi connectivity index (χ2v) is 6.46. The summed E-state index contributed by atoms with van der Waals surface area (Å²) >= 11 is 18.2. The third kappa shape index (κ3) is 6.49. The Morgan fingerprint density at radius 3 is 2.32 bits per heavy atom. The molecule has 0 atom stereocenters. The molecule has 0 saturated heterocycles. The largest absolute Gasteiger partial charge is 0.424 e. The van der Waals surface area contributed by atoms with Crippen molar-refractivity contribution >= 4 is 40.8 Å². The zero-order chi connectivity index (χ0) is 18.2. The fourth-order valence-electron chi connectivity index (χ4n) is 2.09. The van der Waals surface area contributed by atoms with E-state index in [1.165, 1.54) is 0 Å². The smallest absolute Gasteiger partial charge is 0.337 e. The number of carbonyl (C=O) groups excluding carboxylic acids is 1. The maximum atomic E-state index is 11.9. The van der Waals surface area contributed by atoms with Gasteiger partial charge in [0, 0.05) is 28.6 Å². The van der Waals surface area contributed by atoms with E-state index in [1.807, 2.05) is 6.07 Å². The van der Waals surface area contributed by atoms with Crippen LogP contribution in [0, 0.1) is 0 Å². The summed E-state index contributed by atoms with van der Waals surface area (Å²) in [5.41, 5.74) is 1.64. The van der Waals surface area contributed by atoms with Gasteiger partial charge >= 0.3 is 5.97 Å². The van der Waals surface area contributed by atoms with Crippen LogP contribution < -0.4 is 4.74 Å². The van der Waals surface area contributed by atoms with Crippen molar-refractivity contribution in [2.24, 2.45) is 0 Å². The summed E-state index contributed by atoms with van der Waals surface area (Å²) in [5, 5.41) is 1.57. The van der Waals surface area contributed by atoms with Gasteiger partial charge in [-0.3, -0.25) is 0 Å². The predicted octanol–water partition coefficient (Wildman–Crippen LogP) is 4.81. The number of benzene rings is 2. The van der Waals surface area contributed by atoms with E-state index >= 15 is 0 Å². The van der Waals surface area contributed by atoms with Crippen LogP contribution in [0.4, 0.5) is 0 Å². The van der Waals surface area contributed by atoms with Crippen molar-refractivity contribution < 1.29 is 19.0 Å². The van der Waals surface area contributed by atoms with E-state index in [2.05, 4.69) is 0 Å². The van der Waals surface area contributed by atoms with Crippen LogP contribution in [-0.4, -0.2) is 32.9 Å². The van der Waals surface area contributed by atoms with Crippen molar-refractivity contribution in [2.75, 3.05) is 26.9 Å². The van der Waals surface area contributed by atoms with E-state index in [9.17, 15) is 4.79 Å². The minimum atomic E-state index is -0.512. The first-order chi connectivity index (χ1) is 12.0. The molecule has 0 amide bonds. The highest BCUT2D eigenvalue weighted by atomic mass is 35.5. The van der Waals surface area contributed by atoms with Crippen molar-refractivity contribution in [1.29, 1.82) is 0 Å². The number of methoxy groups -OCH3 is 1. The van der Waals surface area contributed by atoms with Gasteiger partial charge in [0.1, 0.15) is 12.4 Å². The van der Waals surface area contributed by atoms with Gasteiger partial charge in [0.15, 0.2) is 0 Å². The number of hydrogen-bond donors (Lipinski definition) is 0. The van der Waals surface area contributed by atoms with E-state index < -0.39 is 5.97 Å².